The number of guanidine groups is 1. The molecule has 0 atom stereocenters. The fourth-order valence-corrected chi connectivity index (χ4v) is 3.07. The van der Waals surface area contributed by atoms with E-state index in [0.717, 1.165) is 44.5 Å². The molecule has 1 saturated heterocycles. The minimum absolute atomic E-state index is 0. The molecule has 2 rings (SSSR count). The maximum atomic E-state index is 13.7. The number of hydrogen-bond donors (Lipinski definition) is 2. The van der Waals surface area contributed by atoms with Crippen molar-refractivity contribution in [2.75, 3.05) is 51.8 Å². The highest BCUT2D eigenvalue weighted by atomic mass is 127. The number of carbonyl (C=O) groups excluding carboxylic acids is 1. The first-order valence-electron chi connectivity index (χ1n) is 10.0. The molecule has 0 saturated carbocycles. The van der Waals surface area contributed by atoms with Crippen molar-refractivity contribution in [3.63, 3.8) is 0 Å². The topological polar surface area (TPSA) is 75.2 Å². The first-order valence-corrected chi connectivity index (χ1v) is 10.0. The van der Waals surface area contributed by atoms with E-state index in [1.807, 2.05) is 11.8 Å². The first-order chi connectivity index (χ1) is 14.5. The minimum atomic E-state index is -1.63. The number of anilines is 1. The van der Waals surface area contributed by atoms with Gasteiger partial charge in [0, 0.05) is 40.0 Å². The van der Waals surface area contributed by atoms with E-state index in [1.165, 1.54) is 0 Å². The molecule has 2 N–H and O–H groups in total. The summed E-state index contributed by atoms with van der Waals surface area (Å²) in [4.78, 5) is 18.4. The summed E-state index contributed by atoms with van der Waals surface area (Å²) in [6.45, 7) is 5.03. The summed E-state index contributed by atoms with van der Waals surface area (Å²) in [5.41, 5.74) is -0.425. The average Bonchev–Trinajstić information content (AvgIpc) is 2.75. The second-order valence-electron chi connectivity index (χ2n) is 6.84. The predicted molar refractivity (Wildman–Crippen MR) is 123 cm³/mol. The molecule has 1 fully saturated rings. The molecule has 1 aromatic carbocycles. The molecular formula is C20H30F3IN4O3. The highest BCUT2D eigenvalue weighted by molar-refractivity contribution is 14.0. The van der Waals surface area contributed by atoms with Crippen molar-refractivity contribution < 1.29 is 27.4 Å². The van der Waals surface area contributed by atoms with Crippen molar-refractivity contribution in [1.82, 2.24) is 10.2 Å². The molecule has 1 heterocycles. The summed E-state index contributed by atoms with van der Waals surface area (Å²) >= 11 is 0. The van der Waals surface area contributed by atoms with Crippen molar-refractivity contribution in [2.45, 2.75) is 32.3 Å². The molecule has 0 radical (unpaired) electrons. The van der Waals surface area contributed by atoms with Gasteiger partial charge in [-0.3, -0.25) is 4.79 Å². The summed E-state index contributed by atoms with van der Waals surface area (Å²) in [5.74, 6) is -4.45. The molecule has 1 aliphatic rings. The van der Waals surface area contributed by atoms with Crippen LogP contribution < -0.4 is 10.6 Å². The van der Waals surface area contributed by atoms with Crippen LogP contribution in [0.5, 0.6) is 0 Å². The number of piperidine rings is 1. The average molecular weight is 558 g/mol. The number of nitrogens with zero attached hydrogens (tertiary/aromatic N) is 2. The molecule has 0 aliphatic carbocycles. The number of likely N-dealkylation sites (tertiary alicyclic amines) is 1. The molecule has 0 bridgehead atoms. The summed E-state index contributed by atoms with van der Waals surface area (Å²) in [6, 6.07) is 1.72. The van der Waals surface area contributed by atoms with Gasteiger partial charge in [0.25, 0.3) is 0 Å². The third kappa shape index (κ3) is 8.81. The zero-order chi connectivity index (χ0) is 21.9. The molecular weight excluding hydrogens is 528 g/mol. The molecule has 11 heteroatoms. The highest BCUT2D eigenvalue weighted by Gasteiger charge is 2.22. The molecule has 31 heavy (non-hydrogen) atoms. The molecule has 7 nitrogen and oxygen atoms in total. The van der Waals surface area contributed by atoms with Gasteiger partial charge in [-0.2, -0.15) is 0 Å². The third-order valence-electron chi connectivity index (χ3n) is 4.60. The predicted octanol–water partition coefficient (Wildman–Crippen LogP) is 3.14. The van der Waals surface area contributed by atoms with Crippen LogP contribution in [0.15, 0.2) is 17.1 Å². The number of rotatable bonds is 9. The van der Waals surface area contributed by atoms with Gasteiger partial charge < -0.3 is 25.0 Å². The van der Waals surface area contributed by atoms with E-state index in [1.54, 1.807) is 7.11 Å². The van der Waals surface area contributed by atoms with Gasteiger partial charge in [-0.05, 0) is 38.3 Å². The normalized spacial score (nSPS) is 14.9. The van der Waals surface area contributed by atoms with Crippen molar-refractivity contribution in [3.05, 3.63) is 29.6 Å². The van der Waals surface area contributed by atoms with Gasteiger partial charge in [-0.25, -0.2) is 18.2 Å². The number of amides is 1. The lowest BCUT2D eigenvalue weighted by Gasteiger charge is -2.34. The van der Waals surface area contributed by atoms with Crippen LogP contribution in [-0.4, -0.2) is 69.4 Å². The van der Waals surface area contributed by atoms with Crippen molar-refractivity contribution in [2.24, 2.45) is 4.99 Å². The lowest BCUT2D eigenvalue weighted by atomic mass is 10.1. The van der Waals surface area contributed by atoms with E-state index in [4.69, 9.17) is 9.47 Å². The Balaban J connectivity index is 0.00000480. The van der Waals surface area contributed by atoms with Gasteiger partial charge >= 0.3 is 0 Å². The number of benzene rings is 1. The Hall–Kier alpha value is -1.60. The lowest BCUT2D eigenvalue weighted by molar-refractivity contribution is -0.114. The second kappa shape index (κ2) is 14.5. The van der Waals surface area contributed by atoms with Gasteiger partial charge in [0.15, 0.2) is 23.4 Å². The largest absolute Gasteiger partial charge is 0.385 e. The number of carbonyl (C=O) groups is 1. The zero-order valence-electron chi connectivity index (χ0n) is 17.8. The van der Waals surface area contributed by atoms with Gasteiger partial charge in [-0.15, -0.1) is 24.0 Å². The minimum Gasteiger partial charge on any atom is -0.385 e. The van der Waals surface area contributed by atoms with E-state index in [9.17, 15) is 18.0 Å². The highest BCUT2D eigenvalue weighted by Crippen LogP contribution is 2.19. The van der Waals surface area contributed by atoms with E-state index < -0.39 is 29.0 Å². The van der Waals surface area contributed by atoms with Crippen LogP contribution in [0.1, 0.15) is 26.2 Å². The Kier molecular flexibility index (Phi) is 12.8. The quantitative estimate of drug-likeness (QED) is 0.160. The fourth-order valence-electron chi connectivity index (χ4n) is 3.07. The number of methoxy groups -OCH3 is 1. The van der Waals surface area contributed by atoms with Gasteiger partial charge in [0.1, 0.15) is 6.54 Å². The van der Waals surface area contributed by atoms with Crippen LogP contribution in [0.2, 0.25) is 0 Å². The number of hydrogen-bond acceptors (Lipinski definition) is 4. The molecule has 1 amide bonds. The molecule has 1 aliphatic heterocycles. The van der Waals surface area contributed by atoms with Gasteiger partial charge in [0.2, 0.25) is 5.91 Å². The van der Waals surface area contributed by atoms with Crippen molar-refractivity contribution in [1.29, 1.82) is 0 Å². The summed E-state index contributed by atoms with van der Waals surface area (Å²) in [7, 11) is 1.66. The standard InChI is InChI=1S/C20H29F3N4O3.HI/c1-3-24-20(27-9-7-14(8-10-27)30-12-4-11-29-2)25-13-17(28)26-16-6-5-15(21)18(22)19(16)23;/h5-6,14H,3-4,7-13H2,1-2H3,(H,24,25)(H,26,28);1H. The number of nitrogens with one attached hydrogen (secondary N) is 2. The fraction of sp³-hybridized carbons (Fsp3) is 0.600. The summed E-state index contributed by atoms with van der Waals surface area (Å²) < 4.78 is 50.8. The van der Waals surface area contributed by atoms with Crippen LogP contribution in [0.4, 0.5) is 18.9 Å². The molecule has 0 aromatic heterocycles. The summed E-state index contributed by atoms with van der Waals surface area (Å²) in [6.07, 6.45) is 2.71. The Labute approximate surface area is 197 Å². The van der Waals surface area contributed by atoms with Crippen molar-refractivity contribution >= 4 is 41.5 Å². The molecule has 1 aromatic rings. The maximum absolute atomic E-state index is 13.7. The monoisotopic (exact) mass is 558 g/mol. The smallest absolute Gasteiger partial charge is 0.246 e. The van der Waals surface area contributed by atoms with Crippen molar-refractivity contribution in [3.8, 4) is 0 Å². The zero-order valence-corrected chi connectivity index (χ0v) is 20.1. The molecule has 176 valence electrons. The number of aliphatic imine (C=N–C) groups is 1. The Morgan fingerprint density at radius 3 is 2.55 bits per heavy atom. The SMILES string of the molecule is CCNC(=NCC(=O)Nc1ccc(F)c(F)c1F)N1CCC(OCCCOC)CC1.I. The Morgan fingerprint density at radius 1 is 1.19 bits per heavy atom. The van der Waals surface area contributed by atoms with Gasteiger partial charge in [0.05, 0.1) is 11.8 Å². The van der Waals surface area contributed by atoms with Crippen LogP contribution in [-0.2, 0) is 14.3 Å². The van der Waals surface area contributed by atoms with Gasteiger partial charge in [-0.1, -0.05) is 0 Å². The third-order valence-corrected chi connectivity index (χ3v) is 4.60. The molecule has 0 unspecified atom stereocenters. The van der Waals surface area contributed by atoms with Crippen LogP contribution in [0.3, 0.4) is 0 Å². The second-order valence-corrected chi connectivity index (χ2v) is 6.84. The maximum Gasteiger partial charge on any atom is 0.246 e. The van der Waals surface area contributed by atoms with E-state index in [-0.39, 0.29) is 36.6 Å². The number of ether oxygens (including phenoxy) is 2. The van der Waals surface area contributed by atoms with E-state index >= 15 is 0 Å². The number of halogens is 4. The summed E-state index contributed by atoms with van der Waals surface area (Å²) in [5, 5.41) is 5.34. The van der Waals surface area contributed by atoms with E-state index in [2.05, 4.69) is 15.6 Å². The molecule has 0 spiro atoms. The lowest BCUT2D eigenvalue weighted by Crippen LogP contribution is -2.47. The van der Waals surface area contributed by atoms with Crippen LogP contribution >= 0.6 is 24.0 Å². The first kappa shape index (κ1) is 27.4. The van der Waals surface area contributed by atoms with Crippen LogP contribution in [0.25, 0.3) is 0 Å². The van der Waals surface area contributed by atoms with E-state index in [0.29, 0.717) is 25.7 Å². The Bertz CT molecular complexity index is 732. The van der Waals surface area contributed by atoms with Crippen LogP contribution in [0, 0.1) is 17.5 Å². The Morgan fingerprint density at radius 2 is 1.90 bits per heavy atom.